The topological polar surface area (TPSA) is 26.5 Å². The fourth-order valence-electron chi connectivity index (χ4n) is 2.59. The van der Waals surface area contributed by atoms with Crippen molar-refractivity contribution in [3.63, 3.8) is 0 Å². The number of ether oxygens (including phenoxy) is 1. The Morgan fingerprint density at radius 2 is 1.83 bits per heavy atom. The molecule has 2 aromatic carbocycles. The van der Waals surface area contributed by atoms with Crippen molar-refractivity contribution in [3.05, 3.63) is 77.7 Å². The minimum absolute atomic E-state index is 0.606. The maximum absolute atomic E-state index is 5.26. The smallest absolute Gasteiger partial charge is 0.190 e. The van der Waals surface area contributed by atoms with E-state index in [9.17, 15) is 0 Å². The summed E-state index contributed by atoms with van der Waals surface area (Å²) < 4.78 is 7.46. The zero-order chi connectivity index (χ0) is 16.9. The predicted molar refractivity (Wildman–Crippen MR) is 101 cm³/mol. The standard InChI is InChI=1S/C20H20N2OS/c1-4-14-21-20-22(17-8-6-5-7-9-17)15(2)19(24-20)16-10-12-18(23-3)13-11-16/h4-13H,1,14H2,2-3H3. The van der Waals surface area contributed by atoms with Gasteiger partial charge in [0, 0.05) is 11.4 Å². The Kier molecular flexibility index (Phi) is 4.96. The van der Waals surface area contributed by atoms with E-state index in [1.54, 1.807) is 18.4 Å². The molecule has 0 radical (unpaired) electrons. The molecular weight excluding hydrogens is 316 g/mol. The number of thiazole rings is 1. The summed E-state index contributed by atoms with van der Waals surface area (Å²) in [5, 5.41) is 0. The monoisotopic (exact) mass is 336 g/mol. The summed E-state index contributed by atoms with van der Waals surface area (Å²) in [5.74, 6) is 0.862. The van der Waals surface area contributed by atoms with Crippen molar-refractivity contribution >= 4 is 11.3 Å². The Balaban J connectivity index is 2.18. The van der Waals surface area contributed by atoms with E-state index in [0.717, 1.165) is 16.2 Å². The summed E-state index contributed by atoms with van der Waals surface area (Å²) in [4.78, 5) is 6.87. The molecule has 3 aromatic rings. The van der Waals surface area contributed by atoms with Crippen molar-refractivity contribution in [1.82, 2.24) is 4.57 Å². The first-order chi connectivity index (χ1) is 11.7. The first kappa shape index (κ1) is 16.3. The minimum atomic E-state index is 0.606. The molecule has 0 aliphatic carbocycles. The van der Waals surface area contributed by atoms with Crippen LogP contribution in [0.3, 0.4) is 0 Å². The number of benzene rings is 2. The molecule has 0 saturated carbocycles. The molecule has 0 saturated heterocycles. The molecule has 24 heavy (non-hydrogen) atoms. The van der Waals surface area contributed by atoms with Crippen LogP contribution in [0.1, 0.15) is 5.69 Å². The molecule has 0 spiro atoms. The second kappa shape index (κ2) is 7.32. The van der Waals surface area contributed by atoms with Crippen LogP contribution in [0.15, 0.2) is 72.2 Å². The number of nitrogens with zero attached hydrogens (tertiary/aromatic N) is 2. The van der Waals surface area contributed by atoms with Crippen molar-refractivity contribution in [2.45, 2.75) is 6.92 Å². The molecule has 1 aromatic heterocycles. The molecule has 0 unspecified atom stereocenters. The number of methoxy groups -OCH3 is 1. The van der Waals surface area contributed by atoms with Crippen LogP contribution in [0.2, 0.25) is 0 Å². The highest BCUT2D eigenvalue weighted by molar-refractivity contribution is 7.13. The lowest BCUT2D eigenvalue weighted by atomic mass is 10.1. The van der Waals surface area contributed by atoms with E-state index < -0.39 is 0 Å². The number of hydrogen-bond acceptors (Lipinski definition) is 3. The number of hydrogen-bond donors (Lipinski definition) is 0. The normalized spacial score (nSPS) is 11.5. The third-order valence-corrected chi connectivity index (χ3v) is 5.00. The van der Waals surface area contributed by atoms with Gasteiger partial charge in [-0.05, 0) is 48.9 Å². The molecular formula is C20H20N2OS. The Bertz CT molecular complexity index is 890. The number of aromatic nitrogens is 1. The Morgan fingerprint density at radius 3 is 2.46 bits per heavy atom. The van der Waals surface area contributed by atoms with Crippen molar-refractivity contribution in [1.29, 1.82) is 0 Å². The van der Waals surface area contributed by atoms with Gasteiger partial charge in [0.15, 0.2) is 4.80 Å². The zero-order valence-corrected chi connectivity index (χ0v) is 14.7. The quantitative estimate of drug-likeness (QED) is 0.625. The van der Waals surface area contributed by atoms with Gasteiger partial charge in [-0.15, -0.1) is 6.58 Å². The highest BCUT2D eigenvalue weighted by atomic mass is 32.1. The fraction of sp³-hybridized carbons (Fsp3) is 0.150. The SMILES string of the molecule is C=CCN=c1sc(-c2ccc(OC)cc2)c(C)n1-c1ccccc1. The van der Waals surface area contributed by atoms with Crippen LogP contribution in [0, 0.1) is 6.92 Å². The van der Waals surface area contributed by atoms with E-state index in [4.69, 9.17) is 4.74 Å². The van der Waals surface area contributed by atoms with Gasteiger partial charge in [0.2, 0.25) is 0 Å². The second-order valence-electron chi connectivity index (χ2n) is 5.33. The van der Waals surface area contributed by atoms with E-state index in [1.165, 1.54) is 16.1 Å². The van der Waals surface area contributed by atoms with Gasteiger partial charge in [0.1, 0.15) is 5.75 Å². The lowest BCUT2D eigenvalue weighted by Crippen LogP contribution is -2.14. The Hall–Kier alpha value is -2.59. The maximum atomic E-state index is 5.26. The van der Waals surface area contributed by atoms with Crippen LogP contribution in [0.5, 0.6) is 5.75 Å². The van der Waals surface area contributed by atoms with E-state index in [1.807, 2.05) is 36.4 Å². The predicted octanol–water partition coefficient (Wildman–Crippen LogP) is 4.61. The van der Waals surface area contributed by atoms with Crippen molar-refractivity contribution in [2.24, 2.45) is 4.99 Å². The van der Waals surface area contributed by atoms with E-state index in [-0.39, 0.29) is 0 Å². The third kappa shape index (κ3) is 3.19. The molecule has 0 fully saturated rings. The summed E-state index contributed by atoms with van der Waals surface area (Å²) in [6.07, 6.45) is 1.82. The number of para-hydroxylation sites is 1. The van der Waals surface area contributed by atoms with Crippen molar-refractivity contribution in [3.8, 4) is 21.9 Å². The summed E-state index contributed by atoms with van der Waals surface area (Å²) in [7, 11) is 1.68. The van der Waals surface area contributed by atoms with Crippen LogP contribution in [0.4, 0.5) is 0 Å². The molecule has 0 bridgehead atoms. The first-order valence-electron chi connectivity index (χ1n) is 7.78. The van der Waals surface area contributed by atoms with Gasteiger partial charge < -0.3 is 4.74 Å². The fourth-order valence-corrected chi connectivity index (χ4v) is 3.74. The highest BCUT2D eigenvalue weighted by Crippen LogP contribution is 2.29. The summed E-state index contributed by atoms with van der Waals surface area (Å²) in [6, 6.07) is 18.5. The summed E-state index contributed by atoms with van der Waals surface area (Å²) in [5.41, 5.74) is 3.47. The van der Waals surface area contributed by atoms with Crippen LogP contribution >= 0.6 is 11.3 Å². The van der Waals surface area contributed by atoms with E-state index >= 15 is 0 Å². The largest absolute Gasteiger partial charge is 0.497 e. The van der Waals surface area contributed by atoms with Gasteiger partial charge in [0.05, 0.1) is 18.5 Å². The molecule has 0 amide bonds. The molecule has 0 N–H and O–H groups in total. The lowest BCUT2D eigenvalue weighted by molar-refractivity contribution is 0.415. The van der Waals surface area contributed by atoms with E-state index in [0.29, 0.717) is 6.54 Å². The zero-order valence-electron chi connectivity index (χ0n) is 13.9. The van der Waals surface area contributed by atoms with Gasteiger partial charge >= 0.3 is 0 Å². The number of rotatable bonds is 5. The molecule has 3 rings (SSSR count). The first-order valence-corrected chi connectivity index (χ1v) is 8.60. The van der Waals surface area contributed by atoms with Gasteiger partial charge in [-0.25, -0.2) is 0 Å². The average molecular weight is 336 g/mol. The van der Waals surface area contributed by atoms with Gasteiger partial charge in [0.25, 0.3) is 0 Å². The average Bonchev–Trinajstić information content (AvgIpc) is 2.97. The van der Waals surface area contributed by atoms with Crippen LogP contribution in [-0.2, 0) is 0 Å². The Labute approximate surface area is 146 Å². The second-order valence-corrected chi connectivity index (χ2v) is 6.31. The molecule has 3 nitrogen and oxygen atoms in total. The van der Waals surface area contributed by atoms with Gasteiger partial charge in [-0.3, -0.25) is 9.56 Å². The molecule has 122 valence electrons. The molecule has 4 heteroatoms. The third-order valence-electron chi connectivity index (χ3n) is 3.77. The van der Waals surface area contributed by atoms with Crippen molar-refractivity contribution < 1.29 is 4.74 Å². The lowest BCUT2D eigenvalue weighted by Gasteiger charge is -2.07. The van der Waals surface area contributed by atoms with Crippen molar-refractivity contribution in [2.75, 3.05) is 13.7 Å². The molecule has 1 heterocycles. The molecule has 0 aliphatic rings. The molecule has 0 atom stereocenters. The summed E-state index contributed by atoms with van der Waals surface area (Å²) in [6.45, 7) is 6.51. The van der Waals surface area contributed by atoms with Crippen LogP contribution in [-0.4, -0.2) is 18.2 Å². The van der Waals surface area contributed by atoms with E-state index in [2.05, 4.69) is 47.3 Å². The van der Waals surface area contributed by atoms with Crippen LogP contribution in [0.25, 0.3) is 16.1 Å². The highest BCUT2D eigenvalue weighted by Gasteiger charge is 2.13. The van der Waals surface area contributed by atoms with Crippen LogP contribution < -0.4 is 9.54 Å². The van der Waals surface area contributed by atoms with Gasteiger partial charge in [-0.2, -0.15) is 0 Å². The minimum Gasteiger partial charge on any atom is -0.497 e. The summed E-state index contributed by atoms with van der Waals surface area (Å²) >= 11 is 1.70. The maximum Gasteiger partial charge on any atom is 0.190 e. The van der Waals surface area contributed by atoms with Gasteiger partial charge in [-0.1, -0.05) is 35.6 Å². The Morgan fingerprint density at radius 1 is 1.12 bits per heavy atom. The molecule has 0 aliphatic heterocycles.